The van der Waals surface area contributed by atoms with Crippen molar-refractivity contribution in [2.24, 2.45) is 5.92 Å². The van der Waals surface area contributed by atoms with Crippen molar-refractivity contribution in [2.75, 3.05) is 0 Å². The highest BCUT2D eigenvalue weighted by molar-refractivity contribution is 4.61. The summed E-state index contributed by atoms with van der Waals surface area (Å²) in [6, 6.07) is 0. The highest BCUT2D eigenvalue weighted by Gasteiger charge is 2.08. The fraction of sp³-hybridized carbons (Fsp3) is 1.00. The fourth-order valence-corrected chi connectivity index (χ4v) is 3.71. The molecule has 0 aromatic rings. The van der Waals surface area contributed by atoms with Crippen LogP contribution in [0.4, 0.5) is 0 Å². The van der Waals surface area contributed by atoms with E-state index in [1.54, 1.807) is 0 Å². The Morgan fingerprint density at radius 1 is 0.348 bits per heavy atom. The molecular weight excluding hydrogens is 276 g/mol. The summed E-state index contributed by atoms with van der Waals surface area (Å²) in [7, 11) is 0. The van der Waals surface area contributed by atoms with E-state index in [9.17, 15) is 0 Å². The van der Waals surface area contributed by atoms with Crippen molar-refractivity contribution in [2.45, 2.75) is 143 Å². The Hall–Kier alpha value is 0. The minimum atomic E-state index is 1.04. The van der Waals surface area contributed by atoms with E-state index < -0.39 is 0 Å². The minimum Gasteiger partial charge on any atom is -0.0654 e. The van der Waals surface area contributed by atoms with E-state index in [1.807, 2.05) is 0 Å². The first-order chi connectivity index (χ1) is 11.3. The maximum absolute atomic E-state index is 2.35. The van der Waals surface area contributed by atoms with Crippen molar-refractivity contribution < 1.29 is 0 Å². The lowest BCUT2D eigenvalue weighted by molar-refractivity contribution is 0.370. The van der Waals surface area contributed by atoms with Crippen LogP contribution in [0.2, 0.25) is 0 Å². The van der Waals surface area contributed by atoms with Crippen molar-refractivity contribution in [1.29, 1.82) is 0 Å². The number of hydrogen-bond donors (Lipinski definition) is 0. The van der Waals surface area contributed by atoms with Crippen molar-refractivity contribution in [3.63, 3.8) is 0 Å². The molecule has 0 saturated carbocycles. The summed E-state index contributed by atoms with van der Waals surface area (Å²) >= 11 is 0. The molecule has 23 heavy (non-hydrogen) atoms. The van der Waals surface area contributed by atoms with Gasteiger partial charge in [-0.3, -0.25) is 0 Å². The van der Waals surface area contributed by atoms with Crippen LogP contribution in [0, 0.1) is 5.92 Å². The molecule has 0 aliphatic heterocycles. The van der Waals surface area contributed by atoms with Gasteiger partial charge in [-0.25, -0.2) is 0 Å². The molecule has 0 bridgehead atoms. The Balaban J connectivity index is 3.54. The molecule has 0 heteroatoms. The average Bonchev–Trinajstić information content (AvgIpc) is 2.57. The summed E-state index contributed by atoms with van der Waals surface area (Å²) in [6.45, 7) is 6.96. The van der Waals surface area contributed by atoms with Crippen LogP contribution in [0.1, 0.15) is 143 Å². The predicted octanol–water partition coefficient (Wildman–Crippen LogP) is 9.07. The second-order valence-corrected chi connectivity index (χ2v) is 7.83. The van der Waals surface area contributed by atoms with Crippen LogP contribution in [0.25, 0.3) is 0 Å². The van der Waals surface area contributed by atoms with Crippen LogP contribution in [-0.4, -0.2) is 0 Å². The second-order valence-electron chi connectivity index (χ2n) is 7.83. The van der Waals surface area contributed by atoms with Crippen LogP contribution in [0.5, 0.6) is 0 Å². The van der Waals surface area contributed by atoms with Crippen LogP contribution in [-0.2, 0) is 0 Å². The van der Waals surface area contributed by atoms with Crippen LogP contribution < -0.4 is 0 Å². The van der Waals surface area contributed by atoms with Crippen LogP contribution in [0.15, 0.2) is 0 Å². The third-order valence-corrected chi connectivity index (χ3v) is 5.40. The van der Waals surface area contributed by atoms with Crippen molar-refractivity contribution in [3.8, 4) is 0 Å². The van der Waals surface area contributed by atoms with Crippen molar-refractivity contribution in [3.05, 3.63) is 0 Å². The van der Waals surface area contributed by atoms with Gasteiger partial charge in [-0.2, -0.15) is 0 Å². The number of unbranched alkanes of at least 4 members (excludes halogenated alkanes) is 13. The molecule has 0 N–H and O–H groups in total. The SMILES string of the molecule is CCCCCCCCCCC(CCCC)CCCCCCCC. The Morgan fingerprint density at radius 3 is 1.04 bits per heavy atom. The quantitative estimate of drug-likeness (QED) is 0.208. The summed E-state index contributed by atoms with van der Waals surface area (Å²) in [5.74, 6) is 1.04. The minimum absolute atomic E-state index is 1.04. The van der Waals surface area contributed by atoms with Gasteiger partial charge in [-0.05, 0) is 5.92 Å². The zero-order valence-electron chi connectivity index (χ0n) is 17.0. The summed E-state index contributed by atoms with van der Waals surface area (Å²) in [6.07, 6.45) is 27.8. The monoisotopic (exact) mass is 324 g/mol. The van der Waals surface area contributed by atoms with Crippen molar-refractivity contribution in [1.82, 2.24) is 0 Å². The molecule has 0 fully saturated rings. The van der Waals surface area contributed by atoms with Gasteiger partial charge in [0.1, 0.15) is 0 Å². The van der Waals surface area contributed by atoms with Gasteiger partial charge in [0, 0.05) is 0 Å². The molecule has 0 heterocycles. The van der Waals surface area contributed by atoms with Gasteiger partial charge in [0.15, 0.2) is 0 Å². The maximum Gasteiger partial charge on any atom is -0.0414 e. The highest BCUT2D eigenvalue weighted by Crippen LogP contribution is 2.24. The van der Waals surface area contributed by atoms with Gasteiger partial charge in [-0.1, -0.05) is 143 Å². The lowest BCUT2D eigenvalue weighted by Crippen LogP contribution is -2.01. The normalized spacial score (nSPS) is 12.7. The van der Waals surface area contributed by atoms with Gasteiger partial charge >= 0.3 is 0 Å². The van der Waals surface area contributed by atoms with Gasteiger partial charge in [0.05, 0.1) is 0 Å². The summed E-state index contributed by atoms with van der Waals surface area (Å²) in [4.78, 5) is 0. The molecule has 0 aliphatic rings. The Bertz CT molecular complexity index is 196. The smallest absolute Gasteiger partial charge is 0.0414 e. The largest absolute Gasteiger partial charge is 0.0654 e. The fourth-order valence-electron chi connectivity index (χ4n) is 3.71. The van der Waals surface area contributed by atoms with Gasteiger partial charge in [-0.15, -0.1) is 0 Å². The standard InChI is InChI=1S/C23H48/c1-4-7-10-12-14-15-17-19-22-23(20-9-6-3)21-18-16-13-11-8-5-2/h23H,4-22H2,1-3H3. The molecule has 0 aliphatic carbocycles. The molecular formula is C23H48. The van der Waals surface area contributed by atoms with E-state index in [2.05, 4.69) is 20.8 Å². The Kier molecular flexibility index (Phi) is 20.0. The van der Waals surface area contributed by atoms with Gasteiger partial charge in [0.25, 0.3) is 0 Å². The number of rotatable bonds is 19. The molecule has 0 radical (unpaired) electrons. The molecule has 0 rings (SSSR count). The second kappa shape index (κ2) is 20.0. The van der Waals surface area contributed by atoms with E-state index >= 15 is 0 Å². The third-order valence-electron chi connectivity index (χ3n) is 5.40. The average molecular weight is 325 g/mol. The molecule has 1 unspecified atom stereocenters. The van der Waals surface area contributed by atoms with E-state index in [-0.39, 0.29) is 0 Å². The zero-order valence-corrected chi connectivity index (χ0v) is 17.0. The summed E-state index contributed by atoms with van der Waals surface area (Å²) in [5.41, 5.74) is 0. The topological polar surface area (TPSA) is 0 Å². The van der Waals surface area contributed by atoms with E-state index in [0.29, 0.717) is 0 Å². The lowest BCUT2D eigenvalue weighted by atomic mass is 9.90. The first kappa shape index (κ1) is 23.0. The first-order valence-electron chi connectivity index (χ1n) is 11.3. The summed E-state index contributed by atoms with van der Waals surface area (Å²) in [5, 5.41) is 0. The van der Waals surface area contributed by atoms with Crippen molar-refractivity contribution >= 4 is 0 Å². The number of hydrogen-bond acceptors (Lipinski definition) is 0. The van der Waals surface area contributed by atoms with Crippen LogP contribution in [0.3, 0.4) is 0 Å². The lowest BCUT2D eigenvalue weighted by Gasteiger charge is -2.16. The molecule has 140 valence electrons. The first-order valence-corrected chi connectivity index (χ1v) is 11.3. The van der Waals surface area contributed by atoms with E-state index in [1.165, 1.54) is 122 Å². The predicted molar refractivity (Wildman–Crippen MR) is 108 cm³/mol. The van der Waals surface area contributed by atoms with Gasteiger partial charge in [0.2, 0.25) is 0 Å². The molecule has 0 aromatic carbocycles. The molecule has 0 spiro atoms. The molecule has 0 aromatic heterocycles. The zero-order chi connectivity index (χ0) is 17.0. The molecule has 0 amide bonds. The van der Waals surface area contributed by atoms with E-state index in [4.69, 9.17) is 0 Å². The molecule has 0 nitrogen and oxygen atoms in total. The molecule has 0 saturated heterocycles. The molecule has 1 atom stereocenters. The van der Waals surface area contributed by atoms with E-state index in [0.717, 1.165) is 5.92 Å². The maximum atomic E-state index is 2.35. The van der Waals surface area contributed by atoms with Crippen LogP contribution >= 0.6 is 0 Å². The van der Waals surface area contributed by atoms with Gasteiger partial charge < -0.3 is 0 Å². The Morgan fingerprint density at radius 2 is 0.652 bits per heavy atom. The third kappa shape index (κ3) is 18.2. The summed E-state index contributed by atoms with van der Waals surface area (Å²) < 4.78 is 0. The highest BCUT2D eigenvalue weighted by atomic mass is 14.1. The Labute approximate surface area is 149 Å².